The van der Waals surface area contributed by atoms with E-state index in [4.69, 9.17) is 0 Å². The van der Waals surface area contributed by atoms with Crippen molar-refractivity contribution in [2.45, 2.75) is 26.7 Å². The van der Waals surface area contributed by atoms with Gasteiger partial charge in [0.2, 0.25) is 0 Å². The van der Waals surface area contributed by atoms with Crippen LogP contribution in [0.4, 0.5) is 0 Å². The zero-order chi connectivity index (χ0) is 8.10. The minimum atomic E-state index is 1.07. The summed E-state index contributed by atoms with van der Waals surface area (Å²) in [4.78, 5) is 2.34. The molecule has 1 rings (SSSR count). The molecule has 0 fully saturated rings. The van der Waals surface area contributed by atoms with Crippen molar-refractivity contribution in [1.29, 1.82) is 0 Å². The first-order valence-corrected chi connectivity index (χ1v) is 4.32. The molecule has 0 saturated carbocycles. The molecule has 60 valence electrons. The molecule has 0 unspecified atom stereocenters. The summed E-state index contributed by atoms with van der Waals surface area (Å²) < 4.78 is 0. The average Bonchev–Trinajstić information content (AvgIpc) is 2.01. The maximum absolute atomic E-state index is 3.18. The molecule has 0 aromatic carbocycles. The summed E-state index contributed by atoms with van der Waals surface area (Å²) in [7, 11) is 0. The van der Waals surface area contributed by atoms with Gasteiger partial charge in [-0.1, -0.05) is 13.3 Å². The lowest BCUT2D eigenvalue weighted by Crippen LogP contribution is -2.22. The zero-order valence-electron chi connectivity index (χ0n) is 7.43. The number of hydrogen-bond acceptors (Lipinski definition) is 1. The first kappa shape index (κ1) is 8.29. The molecule has 1 nitrogen and oxygen atoms in total. The highest BCUT2D eigenvalue weighted by atomic mass is 15.1. The Hall–Kier alpha value is -0.810. The first-order chi connectivity index (χ1) is 5.33. The smallest absolute Gasteiger partial charge is 0.177 e. The molecule has 0 saturated heterocycles. The van der Waals surface area contributed by atoms with Crippen LogP contribution in [0, 0.1) is 6.08 Å². The molecule has 0 N–H and O–H groups in total. The van der Waals surface area contributed by atoms with Crippen molar-refractivity contribution in [3.05, 3.63) is 23.9 Å². The third-order valence-corrected chi connectivity index (χ3v) is 1.85. The molecule has 0 atom stereocenters. The van der Waals surface area contributed by atoms with Gasteiger partial charge >= 0.3 is 0 Å². The van der Waals surface area contributed by atoms with Crippen molar-refractivity contribution >= 4 is 0 Å². The second kappa shape index (κ2) is 4.15. The van der Waals surface area contributed by atoms with Crippen LogP contribution in [0.25, 0.3) is 0 Å². The lowest BCUT2D eigenvalue weighted by atomic mass is 10.2. The first-order valence-electron chi connectivity index (χ1n) is 4.32. The molecule has 0 aromatic rings. The minimum Gasteiger partial charge on any atom is -0.297 e. The third-order valence-electron chi connectivity index (χ3n) is 1.85. The van der Waals surface area contributed by atoms with Crippen molar-refractivity contribution in [1.82, 2.24) is 4.90 Å². The fourth-order valence-electron chi connectivity index (χ4n) is 1.20. The van der Waals surface area contributed by atoms with E-state index in [1.54, 1.807) is 0 Å². The van der Waals surface area contributed by atoms with Crippen LogP contribution in [0.15, 0.2) is 17.8 Å². The van der Waals surface area contributed by atoms with Gasteiger partial charge in [0.25, 0.3) is 0 Å². The van der Waals surface area contributed by atoms with Gasteiger partial charge in [0.15, 0.2) is 6.08 Å². The van der Waals surface area contributed by atoms with Crippen molar-refractivity contribution in [2.24, 2.45) is 0 Å². The summed E-state index contributed by atoms with van der Waals surface area (Å²) in [5.41, 5.74) is 1.34. The molecule has 11 heavy (non-hydrogen) atoms. The van der Waals surface area contributed by atoms with Crippen LogP contribution in [-0.2, 0) is 0 Å². The molecular formula is C10H16N+. The molecule has 1 heterocycles. The highest BCUT2D eigenvalue weighted by Gasteiger charge is 2.10. The van der Waals surface area contributed by atoms with Crippen LogP contribution in [0.5, 0.6) is 0 Å². The third kappa shape index (κ3) is 2.73. The van der Waals surface area contributed by atoms with Gasteiger partial charge in [-0.2, -0.15) is 0 Å². The molecule has 1 aliphatic rings. The van der Waals surface area contributed by atoms with Gasteiger partial charge in [-0.3, -0.25) is 4.90 Å². The fraction of sp³-hybridized carbons (Fsp3) is 0.600. The van der Waals surface area contributed by atoms with E-state index < -0.39 is 0 Å². The quantitative estimate of drug-likeness (QED) is 0.558. The van der Waals surface area contributed by atoms with Crippen LogP contribution in [-0.4, -0.2) is 18.0 Å². The van der Waals surface area contributed by atoms with Crippen LogP contribution in [0.1, 0.15) is 26.7 Å². The Labute approximate surface area is 69.4 Å². The number of nitrogens with zero attached hydrogens (tertiary/aromatic N) is 1. The number of unbranched alkanes of at least 4 members (excludes halogenated alkanes) is 1. The standard InChI is InChI=1S/C10H16N/c1-3-4-7-11-8-5-6-10(2)9-11/h5,8H,3-4,7,9H2,1-2H3/q+1. The summed E-state index contributed by atoms with van der Waals surface area (Å²) in [6.45, 7) is 6.60. The molecule has 1 aliphatic heterocycles. The second-order valence-corrected chi connectivity index (χ2v) is 3.06. The number of hydrogen-bond donors (Lipinski definition) is 0. The lowest BCUT2D eigenvalue weighted by Gasteiger charge is -2.15. The molecule has 0 amide bonds. The Morgan fingerprint density at radius 2 is 2.45 bits per heavy atom. The van der Waals surface area contributed by atoms with Crippen LogP contribution >= 0.6 is 0 Å². The van der Waals surface area contributed by atoms with E-state index in [1.165, 1.54) is 25.0 Å². The zero-order valence-corrected chi connectivity index (χ0v) is 7.43. The molecule has 0 bridgehead atoms. The van der Waals surface area contributed by atoms with Gasteiger partial charge in [0, 0.05) is 6.54 Å². The van der Waals surface area contributed by atoms with E-state index in [1.807, 2.05) is 6.08 Å². The topological polar surface area (TPSA) is 3.24 Å². The van der Waals surface area contributed by atoms with Gasteiger partial charge in [-0.05, 0) is 13.3 Å². The maximum atomic E-state index is 3.18. The second-order valence-electron chi connectivity index (χ2n) is 3.06. The van der Waals surface area contributed by atoms with Crippen molar-refractivity contribution in [3.8, 4) is 0 Å². The van der Waals surface area contributed by atoms with Gasteiger partial charge in [-0.15, -0.1) is 0 Å². The van der Waals surface area contributed by atoms with Crippen molar-refractivity contribution in [3.63, 3.8) is 0 Å². The summed E-state index contributed by atoms with van der Waals surface area (Å²) >= 11 is 0. The average molecular weight is 150 g/mol. The molecule has 0 aromatic heterocycles. The van der Waals surface area contributed by atoms with E-state index in [9.17, 15) is 0 Å². The summed E-state index contributed by atoms with van der Waals surface area (Å²) in [5, 5.41) is 0. The summed E-state index contributed by atoms with van der Waals surface area (Å²) in [6.07, 6.45) is 9.88. The van der Waals surface area contributed by atoms with Crippen molar-refractivity contribution in [2.75, 3.05) is 13.1 Å². The molecule has 0 aliphatic carbocycles. The highest BCUT2D eigenvalue weighted by molar-refractivity contribution is 5.10. The SMILES string of the molecule is CCCCN1C=C[C+]=C(C)C1. The Morgan fingerprint density at radius 1 is 1.64 bits per heavy atom. The lowest BCUT2D eigenvalue weighted by molar-refractivity contribution is 0.391. The minimum absolute atomic E-state index is 1.07. The number of rotatable bonds is 3. The van der Waals surface area contributed by atoms with E-state index in [0.717, 1.165) is 6.54 Å². The summed E-state index contributed by atoms with van der Waals surface area (Å²) in [6, 6.07) is 0. The normalized spacial score (nSPS) is 16.2. The predicted octanol–water partition coefficient (Wildman–Crippen LogP) is 2.37. The van der Waals surface area contributed by atoms with E-state index in [2.05, 4.69) is 31.0 Å². The van der Waals surface area contributed by atoms with E-state index in [-0.39, 0.29) is 0 Å². The largest absolute Gasteiger partial charge is 0.297 e. The predicted molar refractivity (Wildman–Crippen MR) is 48.1 cm³/mol. The maximum Gasteiger partial charge on any atom is 0.177 e. The van der Waals surface area contributed by atoms with Gasteiger partial charge in [0.05, 0.1) is 18.2 Å². The fourth-order valence-corrected chi connectivity index (χ4v) is 1.20. The number of allylic oxidation sites excluding steroid dienone is 2. The van der Waals surface area contributed by atoms with Gasteiger partial charge in [-0.25, -0.2) is 0 Å². The molecular weight excluding hydrogens is 134 g/mol. The van der Waals surface area contributed by atoms with Gasteiger partial charge in [0.1, 0.15) is 6.20 Å². The van der Waals surface area contributed by atoms with E-state index >= 15 is 0 Å². The highest BCUT2D eigenvalue weighted by Crippen LogP contribution is 2.06. The summed E-state index contributed by atoms with van der Waals surface area (Å²) in [5.74, 6) is 0. The van der Waals surface area contributed by atoms with Gasteiger partial charge < -0.3 is 0 Å². The molecule has 0 spiro atoms. The van der Waals surface area contributed by atoms with Crippen LogP contribution in [0.2, 0.25) is 0 Å². The Kier molecular flexibility index (Phi) is 3.13. The molecule has 0 radical (unpaired) electrons. The molecule has 1 heteroatoms. The van der Waals surface area contributed by atoms with Crippen LogP contribution < -0.4 is 0 Å². The van der Waals surface area contributed by atoms with Crippen LogP contribution in [0.3, 0.4) is 0 Å². The van der Waals surface area contributed by atoms with E-state index in [0.29, 0.717) is 0 Å². The Morgan fingerprint density at radius 3 is 3.09 bits per heavy atom. The Bertz CT molecular complexity index is 168. The monoisotopic (exact) mass is 150 g/mol. The van der Waals surface area contributed by atoms with Crippen molar-refractivity contribution < 1.29 is 0 Å². The Balaban J connectivity index is 2.28.